The molecule has 3 aliphatic rings. The number of rotatable bonds is 10. The van der Waals surface area contributed by atoms with Gasteiger partial charge < -0.3 is 20.5 Å². The molecule has 2 amide bonds. The normalized spacial score (nSPS) is 22.7. The van der Waals surface area contributed by atoms with Gasteiger partial charge in [-0.15, -0.1) is 0 Å². The number of carbonyl (C=O) groups excluding carboxylic acids is 2. The molecule has 3 fully saturated rings. The van der Waals surface area contributed by atoms with Gasteiger partial charge in [0.25, 0.3) is 5.91 Å². The number of nitrogens with one attached hydrogen (secondary N) is 2. The van der Waals surface area contributed by atoms with Crippen molar-refractivity contribution in [2.75, 3.05) is 12.4 Å². The largest absolute Gasteiger partial charge is 0.496 e. The summed E-state index contributed by atoms with van der Waals surface area (Å²) in [7, 11) is 1.29. The zero-order valence-corrected chi connectivity index (χ0v) is 28.8. The van der Waals surface area contributed by atoms with Gasteiger partial charge in [-0.3, -0.25) is 14.4 Å². The minimum atomic E-state index is -5.00. The first-order chi connectivity index (χ1) is 25.5. The average Bonchev–Trinajstić information content (AvgIpc) is 3.83. The molecule has 3 aromatic rings. The highest BCUT2D eigenvalue weighted by Crippen LogP contribution is 2.54. The number of benzene rings is 3. The molecular weight excluding hydrogens is 728 g/mol. The van der Waals surface area contributed by atoms with Gasteiger partial charge in [-0.25, -0.2) is 8.78 Å². The van der Waals surface area contributed by atoms with E-state index >= 15 is 4.39 Å². The number of methoxy groups -OCH3 is 1. The van der Waals surface area contributed by atoms with Crippen LogP contribution in [0.5, 0.6) is 5.75 Å². The number of fused-ring (bicyclic) bond motifs is 2. The van der Waals surface area contributed by atoms with Crippen molar-refractivity contribution in [1.29, 1.82) is 0 Å². The van der Waals surface area contributed by atoms with E-state index in [0.717, 1.165) is 49.5 Å². The van der Waals surface area contributed by atoms with E-state index < -0.39 is 77.2 Å². The van der Waals surface area contributed by atoms with E-state index in [1.807, 2.05) is 0 Å². The minimum Gasteiger partial charge on any atom is -0.496 e. The van der Waals surface area contributed by atoms with Crippen LogP contribution in [0.1, 0.15) is 72.3 Å². The Balaban J connectivity index is 1.31. The molecule has 6 rings (SSSR count). The average molecular weight is 765 g/mol. The maximum Gasteiger partial charge on any atom is 0.419 e. The van der Waals surface area contributed by atoms with Gasteiger partial charge in [0.05, 0.1) is 36.5 Å². The predicted molar refractivity (Wildman–Crippen MR) is 180 cm³/mol. The molecule has 288 valence electrons. The maximum absolute atomic E-state index is 15.4. The zero-order chi connectivity index (χ0) is 39.1. The summed E-state index contributed by atoms with van der Waals surface area (Å²) in [5.41, 5.74) is -1.58. The summed E-state index contributed by atoms with van der Waals surface area (Å²) in [4.78, 5) is 39.1. The Kier molecular flexibility index (Phi) is 10.8. The molecule has 5 atom stereocenters. The highest BCUT2D eigenvalue weighted by atomic mass is 19.4. The third-order valence-corrected chi connectivity index (χ3v) is 10.8. The van der Waals surface area contributed by atoms with Gasteiger partial charge in [-0.2, -0.15) is 26.3 Å². The van der Waals surface area contributed by atoms with Crippen LogP contribution in [-0.2, 0) is 15.8 Å². The predicted octanol–water partition coefficient (Wildman–Crippen LogP) is 9.29. The lowest BCUT2D eigenvalue weighted by molar-refractivity contribution is -0.163. The van der Waals surface area contributed by atoms with Crippen molar-refractivity contribution in [1.82, 2.24) is 5.32 Å². The molecule has 2 bridgehead atoms. The topological polar surface area (TPSA) is 105 Å². The van der Waals surface area contributed by atoms with E-state index in [2.05, 4.69) is 16.7 Å². The second-order valence-corrected chi connectivity index (χ2v) is 14.1. The molecule has 3 aromatic carbocycles. The Morgan fingerprint density at radius 3 is 2.22 bits per heavy atom. The number of alkyl halides is 6. The summed E-state index contributed by atoms with van der Waals surface area (Å²) in [5.74, 6) is -9.32. The Morgan fingerprint density at radius 1 is 0.889 bits per heavy atom. The van der Waals surface area contributed by atoms with Crippen LogP contribution in [0.15, 0.2) is 66.2 Å². The van der Waals surface area contributed by atoms with E-state index in [4.69, 9.17) is 9.84 Å². The van der Waals surface area contributed by atoms with Crippen molar-refractivity contribution in [3.63, 3.8) is 0 Å². The monoisotopic (exact) mass is 764 g/mol. The number of anilines is 1. The molecule has 3 N–H and O–H groups in total. The smallest absolute Gasteiger partial charge is 0.419 e. The molecular formula is C39H36F8N2O5. The van der Waals surface area contributed by atoms with Crippen LogP contribution in [0.4, 0.5) is 40.8 Å². The van der Waals surface area contributed by atoms with Crippen LogP contribution in [0.3, 0.4) is 0 Å². The lowest BCUT2D eigenvalue weighted by Crippen LogP contribution is -2.48. The van der Waals surface area contributed by atoms with Crippen LogP contribution < -0.4 is 15.4 Å². The quantitative estimate of drug-likeness (QED) is 0.141. The second-order valence-electron chi connectivity index (χ2n) is 14.1. The molecule has 0 saturated heterocycles. The molecule has 15 heteroatoms. The number of hydrogen-bond donors (Lipinski definition) is 3. The summed E-state index contributed by atoms with van der Waals surface area (Å²) in [5, 5.41) is 14.4. The van der Waals surface area contributed by atoms with Crippen molar-refractivity contribution in [2.24, 2.45) is 23.7 Å². The lowest BCUT2D eigenvalue weighted by atomic mass is 9.83. The van der Waals surface area contributed by atoms with E-state index in [0.29, 0.717) is 31.0 Å². The molecule has 54 heavy (non-hydrogen) atoms. The van der Waals surface area contributed by atoms with E-state index in [9.17, 15) is 45.1 Å². The summed E-state index contributed by atoms with van der Waals surface area (Å²) < 4.78 is 116. The van der Waals surface area contributed by atoms with E-state index in [1.165, 1.54) is 25.3 Å². The molecule has 3 unspecified atom stereocenters. The van der Waals surface area contributed by atoms with Crippen molar-refractivity contribution < 1.29 is 59.4 Å². The van der Waals surface area contributed by atoms with E-state index in [1.54, 1.807) is 0 Å². The summed E-state index contributed by atoms with van der Waals surface area (Å²) >= 11 is 0. The minimum absolute atomic E-state index is 0.0590. The van der Waals surface area contributed by atoms with Crippen LogP contribution in [0.2, 0.25) is 0 Å². The van der Waals surface area contributed by atoms with E-state index in [-0.39, 0.29) is 45.9 Å². The van der Waals surface area contributed by atoms with Gasteiger partial charge in [-0.05, 0) is 85.0 Å². The van der Waals surface area contributed by atoms with Crippen LogP contribution in [0.25, 0.3) is 11.1 Å². The number of aliphatic carboxylic acids is 1. The summed E-state index contributed by atoms with van der Waals surface area (Å²) in [6.45, 7) is 0. The number of ether oxygens (including phenoxy) is 1. The Bertz CT molecular complexity index is 1970. The maximum atomic E-state index is 15.4. The number of allylic oxidation sites excluding steroid dienone is 1. The van der Waals surface area contributed by atoms with Crippen molar-refractivity contribution in [3.05, 3.63) is 94.6 Å². The Hall–Kier alpha value is -4.95. The fourth-order valence-electron chi connectivity index (χ4n) is 8.33. The summed E-state index contributed by atoms with van der Waals surface area (Å²) in [6.07, 6.45) is -3.85. The molecule has 0 aromatic heterocycles. The fourth-order valence-corrected chi connectivity index (χ4v) is 8.33. The SMILES string of the molecule is COc1ccc(-c2ccc(C(CC(=O)O)C(F)(F)F)cc2F)cc1C(=O)N[C@@H]1C2CCC(/C2=C/C2CCCC2)[C@@H]1C(=O)Nc1ccc(F)c(C(F)(F)F)c1. The molecule has 3 aliphatic carbocycles. The summed E-state index contributed by atoms with van der Waals surface area (Å²) in [6, 6.07) is 8.01. The number of amides is 2. The van der Waals surface area contributed by atoms with Gasteiger partial charge in [0.15, 0.2) is 0 Å². The second kappa shape index (κ2) is 15.1. The number of halogens is 8. The van der Waals surface area contributed by atoms with Crippen molar-refractivity contribution in [2.45, 2.75) is 69.3 Å². The highest BCUT2D eigenvalue weighted by molar-refractivity contribution is 6.00. The lowest BCUT2D eigenvalue weighted by Gasteiger charge is -2.30. The molecule has 0 radical (unpaired) electrons. The molecule has 7 nitrogen and oxygen atoms in total. The first kappa shape index (κ1) is 38.8. The molecule has 3 saturated carbocycles. The Labute approximate surface area is 304 Å². The molecule has 0 spiro atoms. The van der Waals surface area contributed by atoms with Crippen molar-refractivity contribution >= 4 is 23.5 Å². The third-order valence-electron chi connectivity index (χ3n) is 10.8. The first-order valence-electron chi connectivity index (χ1n) is 17.4. The third kappa shape index (κ3) is 7.95. The van der Waals surface area contributed by atoms with Crippen molar-refractivity contribution in [3.8, 4) is 16.9 Å². The van der Waals surface area contributed by atoms with Gasteiger partial charge in [-0.1, -0.05) is 42.7 Å². The molecule has 0 heterocycles. The zero-order valence-electron chi connectivity index (χ0n) is 28.8. The molecule has 0 aliphatic heterocycles. The van der Waals surface area contributed by atoms with Gasteiger partial charge in [0.1, 0.15) is 17.4 Å². The van der Waals surface area contributed by atoms with Gasteiger partial charge in [0.2, 0.25) is 5.91 Å². The van der Waals surface area contributed by atoms with Gasteiger partial charge >= 0.3 is 18.3 Å². The van der Waals surface area contributed by atoms with Gasteiger partial charge in [0, 0.05) is 23.2 Å². The number of carboxylic acids is 1. The van der Waals surface area contributed by atoms with Crippen LogP contribution in [0, 0.1) is 35.3 Å². The highest BCUT2D eigenvalue weighted by Gasteiger charge is 2.55. The fraction of sp³-hybridized carbons (Fsp3) is 0.410. The number of carbonyl (C=O) groups is 3. The van der Waals surface area contributed by atoms with Crippen LogP contribution in [-0.4, -0.2) is 42.2 Å². The number of hydrogen-bond acceptors (Lipinski definition) is 4. The standard InChI is InChI=1S/C39H36F8N2O5/c1-54-32-13-7-20(23-9-6-21(16-31(23)41)28(18-33(50)51)38(42,43)44)15-27(32)36(52)49-35-25-11-10-24(26(25)14-19-4-2-3-5-19)34(35)37(53)48-22-8-12-30(40)29(17-22)39(45,46)47/h6-9,12-17,19,24-25,28,34-35H,2-5,10-11,18H2,1H3,(H,48,53)(H,49,52)(H,50,51)/b26-14-/t24?,25?,28?,34-,35+/m0/s1. The Morgan fingerprint density at radius 2 is 1.59 bits per heavy atom. The van der Waals surface area contributed by atoms with Crippen LogP contribution >= 0.6 is 0 Å². The first-order valence-corrected chi connectivity index (χ1v) is 17.4. The number of carboxylic acid groups (broad SMARTS) is 1.